The Bertz CT molecular complexity index is 1210. The molecule has 0 atom stereocenters. The zero-order chi connectivity index (χ0) is 26.9. The third kappa shape index (κ3) is 7.00. The molecule has 3 aromatic rings. The highest BCUT2D eigenvalue weighted by atomic mass is 19.2. The van der Waals surface area contributed by atoms with Crippen molar-refractivity contribution in [2.24, 2.45) is 5.92 Å². The summed E-state index contributed by atoms with van der Waals surface area (Å²) in [5.41, 5.74) is 2.14. The molecule has 0 aromatic heterocycles. The lowest BCUT2D eigenvalue weighted by Crippen LogP contribution is -2.13. The Kier molecular flexibility index (Phi) is 9.91. The summed E-state index contributed by atoms with van der Waals surface area (Å²) in [4.78, 5) is 0. The summed E-state index contributed by atoms with van der Waals surface area (Å²) < 4.78 is 55.6. The van der Waals surface area contributed by atoms with Gasteiger partial charge in [0.05, 0.1) is 13.2 Å². The molecule has 202 valence electrons. The minimum absolute atomic E-state index is 0.00924. The molecule has 0 spiro atoms. The maximum atomic E-state index is 15.2. The first-order chi connectivity index (χ1) is 18.5. The molecule has 5 heteroatoms. The van der Waals surface area contributed by atoms with E-state index in [1.807, 2.05) is 19.1 Å². The van der Waals surface area contributed by atoms with Gasteiger partial charge < -0.3 is 9.47 Å². The Morgan fingerprint density at radius 2 is 1.55 bits per heavy atom. The fourth-order valence-corrected chi connectivity index (χ4v) is 4.99. The van der Waals surface area contributed by atoms with Crippen molar-refractivity contribution >= 4 is 6.08 Å². The summed E-state index contributed by atoms with van der Waals surface area (Å²) in [6, 6.07) is 15.6. The highest BCUT2D eigenvalue weighted by Gasteiger charge is 2.25. The third-order valence-electron chi connectivity index (χ3n) is 7.23. The van der Waals surface area contributed by atoms with Gasteiger partial charge in [0.15, 0.2) is 23.2 Å². The summed E-state index contributed by atoms with van der Waals surface area (Å²) in [7, 11) is 0. The van der Waals surface area contributed by atoms with E-state index in [-0.39, 0.29) is 23.0 Å². The molecule has 0 bridgehead atoms. The first kappa shape index (κ1) is 27.8. The van der Waals surface area contributed by atoms with Crippen molar-refractivity contribution in [2.75, 3.05) is 13.2 Å². The van der Waals surface area contributed by atoms with Crippen LogP contribution in [0.1, 0.15) is 75.8 Å². The van der Waals surface area contributed by atoms with Gasteiger partial charge in [-0.25, -0.2) is 13.2 Å². The molecule has 0 aliphatic heterocycles. The second kappa shape index (κ2) is 13.5. The highest BCUT2D eigenvalue weighted by molar-refractivity contribution is 5.65. The van der Waals surface area contributed by atoms with Crippen molar-refractivity contribution in [3.05, 3.63) is 89.3 Å². The van der Waals surface area contributed by atoms with Gasteiger partial charge in [0.25, 0.3) is 0 Å². The van der Waals surface area contributed by atoms with E-state index in [0.717, 1.165) is 56.3 Å². The lowest BCUT2D eigenvalue weighted by molar-refractivity contribution is 0.294. The molecule has 3 aromatic carbocycles. The SMILES string of the molecule is CCCCOc1ccc(/C=C/C2CCC(c3ccc(-c4ccc(OCCC)cc4)c(F)c3F)CC2)cc1F. The van der Waals surface area contributed by atoms with E-state index < -0.39 is 11.6 Å². The smallest absolute Gasteiger partial charge is 0.166 e. The molecule has 1 aliphatic carbocycles. The van der Waals surface area contributed by atoms with Crippen molar-refractivity contribution in [3.63, 3.8) is 0 Å². The first-order valence-electron chi connectivity index (χ1n) is 13.8. The van der Waals surface area contributed by atoms with Crippen LogP contribution in [0.15, 0.2) is 60.7 Å². The quantitative estimate of drug-likeness (QED) is 0.233. The monoisotopic (exact) mass is 522 g/mol. The van der Waals surface area contributed by atoms with Crippen LogP contribution in [0.4, 0.5) is 13.2 Å². The number of hydrogen-bond acceptors (Lipinski definition) is 2. The van der Waals surface area contributed by atoms with Crippen molar-refractivity contribution in [2.45, 2.75) is 64.7 Å². The van der Waals surface area contributed by atoms with Gasteiger partial charge in [-0.2, -0.15) is 0 Å². The summed E-state index contributed by atoms with van der Waals surface area (Å²) in [5, 5.41) is 0. The van der Waals surface area contributed by atoms with Gasteiger partial charge in [-0.1, -0.05) is 62.8 Å². The largest absolute Gasteiger partial charge is 0.494 e. The molecule has 0 heterocycles. The van der Waals surface area contributed by atoms with Gasteiger partial charge in [-0.05, 0) is 91.3 Å². The summed E-state index contributed by atoms with van der Waals surface area (Å²) >= 11 is 0. The number of halogens is 3. The lowest BCUT2D eigenvalue weighted by Gasteiger charge is -2.27. The Morgan fingerprint density at radius 1 is 0.789 bits per heavy atom. The van der Waals surface area contributed by atoms with E-state index in [9.17, 15) is 4.39 Å². The van der Waals surface area contributed by atoms with Crippen molar-refractivity contribution in [3.8, 4) is 22.6 Å². The molecule has 38 heavy (non-hydrogen) atoms. The number of rotatable bonds is 11. The summed E-state index contributed by atoms with van der Waals surface area (Å²) in [6.07, 6.45) is 10.2. The van der Waals surface area contributed by atoms with E-state index in [2.05, 4.69) is 13.0 Å². The van der Waals surface area contributed by atoms with Gasteiger partial charge in [-0.3, -0.25) is 0 Å². The molecule has 4 rings (SSSR count). The molecule has 1 aliphatic rings. The molecular formula is C33H37F3O2. The van der Waals surface area contributed by atoms with Gasteiger partial charge >= 0.3 is 0 Å². The van der Waals surface area contributed by atoms with E-state index >= 15 is 8.78 Å². The zero-order valence-electron chi connectivity index (χ0n) is 22.3. The molecule has 1 fully saturated rings. The number of unbranched alkanes of at least 4 members (excludes halogenated alkanes) is 1. The molecule has 0 N–H and O–H groups in total. The number of benzene rings is 3. The molecule has 2 nitrogen and oxygen atoms in total. The average Bonchev–Trinajstić information content (AvgIpc) is 2.94. The van der Waals surface area contributed by atoms with Crippen molar-refractivity contribution in [1.29, 1.82) is 0 Å². The van der Waals surface area contributed by atoms with E-state index in [4.69, 9.17) is 9.47 Å². The van der Waals surface area contributed by atoms with E-state index in [0.29, 0.717) is 30.3 Å². The number of hydrogen-bond donors (Lipinski definition) is 0. The molecular weight excluding hydrogens is 485 g/mol. The Morgan fingerprint density at radius 3 is 2.24 bits per heavy atom. The van der Waals surface area contributed by atoms with Crippen molar-refractivity contribution in [1.82, 2.24) is 0 Å². The topological polar surface area (TPSA) is 18.5 Å². The van der Waals surface area contributed by atoms with Crippen LogP contribution in [0.25, 0.3) is 17.2 Å². The zero-order valence-corrected chi connectivity index (χ0v) is 22.3. The Balaban J connectivity index is 1.35. The minimum Gasteiger partial charge on any atom is -0.494 e. The predicted molar refractivity (Wildman–Crippen MR) is 148 cm³/mol. The summed E-state index contributed by atoms with van der Waals surface area (Å²) in [5.74, 6) is -0.568. The fourth-order valence-electron chi connectivity index (χ4n) is 4.99. The lowest BCUT2D eigenvalue weighted by atomic mass is 9.78. The molecule has 0 amide bonds. The van der Waals surface area contributed by atoms with Crippen LogP contribution in [-0.4, -0.2) is 13.2 Å². The van der Waals surface area contributed by atoms with Crippen LogP contribution in [0, 0.1) is 23.4 Å². The predicted octanol–water partition coefficient (Wildman–Crippen LogP) is 9.73. The second-order valence-electron chi connectivity index (χ2n) is 10.1. The van der Waals surface area contributed by atoms with Crippen LogP contribution < -0.4 is 9.47 Å². The summed E-state index contributed by atoms with van der Waals surface area (Å²) in [6.45, 7) is 5.23. The van der Waals surface area contributed by atoms with Crippen molar-refractivity contribution < 1.29 is 22.6 Å². The van der Waals surface area contributed by atoms with Crippen LogP contribution in [-0.2, 0) is 0 Å². The Labute approximate surface area is 224 Å². The molecule has 0 saturated heterocycles. The van der Waals surface area contributed by atoms with Gasteiger partial charge in [0.1, 0.15) is 5.75 Å². The van der Waals surface area contributed by atoms with Crippen LogP contribution in [0.2, 0.25) is 0 Å². The number of allylic oxidation sites excluding steroid dienone is 1. The standard InChI is InChI=1S/C33H37F3O2/c1-3-5-21-38-31-19-10-24(22-30(31)34)7-6-23-8-11-25(12-9-23)28-17-18-29(33(36)32(28)35)26-13-15-27(16-14-26)37-20-4-2/h6-7,10,13-19,22-23,25H,3-5,8-9,11-12,20-21H2,1-2H3/b7-6+. The van der Waals surface area contributed by atoms with Crippen LogP contribution in [0.5, 0.6) is 11.5 Å². The third-order valence-corrected chi connectivity index (χ3v) is 7.23. The van der Waals surface area contributed by atoms with Gasteiger partial charge in [0, 0.05) is 5.56 Å². The Hall–Kier alpha value is -3.21. The van der Waals surface area contributed by atoms with Crippen LogP contribution >= 0.6 is 0 Å². The van der Waals surface area contributed by atoms with Crippen LogP contribution in [0.3, 0.4) is 0 Å². The van der Waals surface area contributed by atoms with E-state index in [1.54, 1.807) is 42.5 Å². The maximum Gasteiger partial charge on any atom is 0.166 e. The molecule has 0 unspecified atom stereocenters. The maximum absolute atomic E-state index is 15.2. The fraction of sp³-hybridized carbons (Fsp3) is 0.394. The van der Waals surface area contributed by atoms with E-state index in [1.165, 1.54) is 6.07 Å². The first-order valence-corrected chi connectivity index (χ1v) is 13.8. The minimum atomic E-state index is -0.795. The van der Waals surface area contributed by atoms with Gasteiger partial charge in [-0.15, -0.1) is 0 Å². The second-order valence-corrected chi connectivity index (χ2v) is 10.1. The molecule has 1 saturated carbocycles. The number of ether oxygens (including phenoxy) is 2. The average molecular weight is 523 g/mol. The van der Waals surface area contributed by atoms with Gasteiger partial charge in [0.2, 0.25) is 0 Å². The molecule has 0 radical (unpaired) electrons. The normalized spacial score (nSPS) is 17.6. The highest BCUT2D eigenvalue weighted by Crippen LogP contribution is 2.39.